The Labute approximate surface area is 142 Å². The van der Waals surface area contributed by atoms with E-state index in [1.807, 2.05) is 6.07 Å². The van der Waals surface area contributed by atoms with E-state index in [4.69, 9.17) is 8.83 Å². The summed E-state index contributed by atoms with van der Waals surface area (Å²) in [6.07, 6.45) is 3.08. The molecule has 8 nitrogen and oxygen atoms in total. The second-order valence-corrected chi connectivity index (χ2v) is 5.15. The number of rotatable bonds is 7. The lowest BCUT2D eigenvalue weighted by atomic mass is 10.1. The fourth-order valence-electron chi connectivity index (χ4n) is 2.35. The van der Waals surface area contributed by atoms with E-state index >= 15 is 0 Å². The van der Waals surface area contributed by atoms with E-state index in [-0.39, 0.29) is 23.5 Å². The molecule has 1 aromatic carbocycles. The highest BCUT2D eigenvalue weighted by atomic mass is 16.6. The molecule has 8 heteroatoms. The maximum atomic E-state index is 11.4. The van der Waals surface area contributed by atoms with Crippen LogP contribution in [-0.2, 0) is 13.1 Å². The number of nitro groups is 1. The van der Waals surface area contributed by atoms with Gasteiger partial charge in [0.2, 0.25) is 0 Å². The van der Waals surface area contributed by atoms with Gasteiger partial charge in [0.25, 0.3) is 0 Å². The van der Waals surface area contributed by atoms with Gasteiger partial charge in [0.05, 0.1) is 30.5 Å². The topological polar surface area (TPSA) is 117 Å². The molecule has 0 radical (unpaired) electrons. The van der Waals surface area contributed by atoms with E-state index in [9.17, 15) is 15.4 Å². The normalized spacial score (nSPS) is 10.2. The minimum atomic E-state index is -0.570. The maximum Gasteiger partial charge on any atom is 0.310 e. The van der Waals surface area contributed by atoms with Crippen molar-refractivity contribution in [1.82, 2.24) is 0 Å². The van der Waals surface area contributed by atoms with Crippen LogP contribution >= 0.6 is 0 Å². The smallest absolute Gasteiger partial charge is 0.310 e. The molecule has 0 saturated heterocycles. The van der Waals surface area contributed by atoms with Gasteiger partial charge in [-0.05, 0) is 36.4 Å². The van der Waals surface area contributed by atoms with Crippen LogP contribution in [0.15, 0.2) is 57.8 Å². The molecule has 2 N–H and O–H groups in total. The highest BCUT2D eigenvalue weighted by Gasteiger charge is 2.21. The Kier molecular flexibility index (Phi) is 4.67. The van der Waals surface area contributed by atoms with Crippen molar-refractivity contribution in [2.75, 3.05) is 10.6 Å². The van der Waals surface area contributed by atoms with Crippen LogP contribution in [0.25, 0.3) is 0 Å². The van der Waals surface area contributed by atoms with Gasteiger partial charge < -0.3 is 19.5 Å². The van der Waals surface area contributed by atoms with Gasteiger partial charge in [0.15, 0.2) is 0 Å². The molecule has 0 fully saturated rings. The van der Waals surface area contributed by atoms with Crippen LogP contribution in [0.4, 0.5) is 17.1 Å². The first-order valence-corrected chi connectivity index (χ1v) is 7.42. The zero-order chi connectivity index (χ0) is 17.6. The SMILES string of the molecule is N#Cc1cc(NCc2ccco2)cc(NCc2ccco2)c1[N+](=O)[O-]. The second-order valence-electron chi connectivity index (χ2n) is 5.15. The summed E-state index contributed by atoms with van der Waals surface area (Å²) in [4.78, 5) is 10.8. The number of benzene rings is 1. The van der Waals surface area contributed by atoms with E-state index in [0.717, 1.165) is 0 Å². The summed E-state index contributed by atoms with van der Waals surface area (Å²) in [6.45, 7) is 0.660. The minimum Gasteiger partial charge on any atom is -0.467 e. The Morgan fingerprint density at radius 2 is 1.72 bits per heavy atom. The van der Waals surface area contributed by atoms with Gasteiger partial charge in [-0.15, -0.1) is 0 Å². The molecule has 0 unspecified atom stereocenters. The van der Waals surface area contributed by atoms with E-state index in [1.54, 1.807) is 36.6 Å². The van der Waals surface area contributed by atoms with E-state index < -0.39 is 4.92 Å². The first-order chi connectivity index (χ1) is 12.2. The monoisotopic (exact) mass is 338 g/mol. The van der Waals surface area contributed by atoms with Crippen LogP contribution in [0.5, 0.6) is 0 Å². The molecule has 0 spiro atoms. The summed E-state index contributed by atoms with van der Waals surface area (Å²) >= 11 is 0. The molecule has 3 rings (SSSR count). The number of nitro benzene ring substituents is 1. The predicted molar refractivity (Wildman–Crippen MR) is 89.9 cm³/mol. The molecule has 2 aromatic heterocycles. The largest absolute Gasteiger partial charge is 0.467 e. The molecule has 3 aromatic rings. The quantitative estimate of drug-likeness (QED) is 0.496. The highest BCUT2D eigenvalue weighted by Crippen LogP contribution is 2.32. The van der Waals surface area contributed by atoms with Crippen LogP contribution in [0.2, 0.25) is 0 Å². The van der Waals surface area contributed by atoms with Crippen molar-refractivity contribution in [3.05, 3.63) is 76.1 Å². The molecule has 25 heavy (non-hydrogen) atoms. The summed E-state index contributed by atoms with van der Waals surface area (Å²) < 4.78 is 10.5. The molecule has 0 atom stereocenters. The van der Waals surface area contributed by atoms with Crippen molar-refractivity contribution in [3.63, 3.8) is 0 Å². The Hall–Kier alpha value is -3.73. The predicted octanol–water partition coefficient (Wildman–Crippen LogP) is 3.88. The molecule has 0 aliphatic heterocycles. The molecule has 2 heterocycles. The average Bonchev–Trinajstić information content (AvgIpc) is 3.30. The van der Waals surface area contributed by atoms with Crippen molar-refractivity contribution in [2.45, 2.75) is 13.1 Å². The summed E-state index contributed by atoms with van der Waals surface area (Å²) in [5.41, 5.74) is 0.511. The fourth-order valence-corrected chi connectivity index (χ4v) is 2.35. The molecule has 0 aliphatic rings. The average molecular weight is 338 g/mol. The van der Waals surface area contributed by atoms with Crippen LogP contribution in [0.3, 0.4) is 0 Å². The first kappa shape index (κ1) is 16.1. The maximum absolute atomic E-state index is 11.4. The molecular formula is C17H14N4O4. The van der Waals surface area contributed by atoms with Crippen molar-refractivity contribution in [3.8, 4) is 6.07 Å². The lowest BCUT2D eigenvalue weighted by Crippen LogP contribution is -2.06. The molecule has 0 saturated carbocycles. The molecular weight excluding hydrogens is 324 g/mol. The van der Waals surface area contributed by atoms with Gasteiger partial charge in [-0.2, -0.15) is 5.26 Å². The zero-order valence-corrected chi connectivity index (χ0v) is 13.1. The van der Waals surface area contributed by atoms with Crippen molar-refractivity contribution in [1.29, 1.82) is 5.26 Å². The molecule has 126 valence electrons. The summed E-state index contributed by atoms with van der Waals surface area (Å²) in [7, 11) is 0. The molecule has 0 bridgehead atoms. The lowest BCUT2D eigenvalue weighted by Gasteiger charge is -2.11. The summed E-state index contributed by atoms with van der Waals surface area (Å²) in [5, 5.41) is 26.7. The number of nitrogens with one attached hydrogen (secondary N) is 2. The Morgan fingerprint density at radius 3 is 2.24 bits per heavy atom. The van der Waals surface area contributed by atoms with E-state index in [1.165, 1.54) is 12.3 Å². The summed E-state index contributed by atoms with van der Waals surface area (Å²) in [6, 6.07) is 12.0. The molecule has 0 aliphatic carbocycles. The summed E-state index contributed by atoms with van der Waals surface area (Å²) in [5.74, 6) is 1.34. The van der Waals surface area contributed by atoms with Gasteiger partial charge in [0, 0.05) is 5.69 Å². The third kappa shape index (κ3) is 3.79. The van der Waals surface area contributed by atoms with E-state index in [2.05, 4.69) is 10.6 Å². The number of nitrogens with zero attached hydrogens (tertiary/aromatic N) is 2. The number of furan rings is 2. The minimum absolute atomic E-state index is 0.0311. The van der Waals surface area contributed by atoms with Gasteiger partial charge in [-0.1, -0.05) is 0 Å². The number of hydrogen-bond acceptors (Lipinski definition) is 7. The van der Waals surface area contributed by atoms with Gasteiger partial charge >= 0.3 is 5.69 Å². The molecule has 0 amide bonds. The zero-order valence-electron chi connectivity index (χ0n) is 13.1. The first-order valence-electron chi connectivity index (χ1n) is 7.42. The van der Waals surface area contributed by atoms with Gasteiger partial charge in [0.1, 0.15) is 28.8 Å². The third-order valence-electron chi connectivity index (χ3n) is 3.49. The lowest BCUT2D eigenvalue weighted by molar-refractivity contribution is -0.384. The third-order valence-corrected chi connectivity index (χ3v) is 3.49. The highest BCUT2D eigenvalue weighted by molar-refractivity contribution is 5.74. The van der Waals surface area contributed by atoms with Crippen molar-refractivity contribution >= 4 is 17.1 Å². The van der Waals surface area contributed by atoms with Crippen molar-refractivity contribution in [2.24, 2.45) is 0 Å². The number of nitriles is 1. The Balaban J connectivity index is 1.87. The number of anilines is 2. The van der Waals surface area contributed by atoms with E-state index in [0.29, 0.717) is 23.8 Å². The van der Waals surface area contributed by atoms with Crippen LogP contribution in [0, 0.1) is 21.4 Å². The Bertz CT molecular complexity index is 896. The van der Waals surface area contributed by atoms with Crippen LogP contribution in [-0.4, -0.2) is 4.92 Å². The van der Waals surface area contributed by atoms with Gasteiger partial charge in [-0.3, -0.25) is 10.1 Å². The van der Waals surface area contributed by atoms with Gasteiger partial charge in [-0.25, -0.2) is 0 Å². The number of hydrogen-bond donors (Lipinski definition) is 2. The second kappa shape index (κ2) is 7.23. The standard InChI is InChI=1S/C17H14N4O4/c18-9-12-7-13(19-10-14-3-1-5-24-14)8-16(17(12)21(22)23)20-11-15-4-2-6-25-15/h1-8,19-20H,10-11H2. The van der Waals surface area contributed by atoms with Crippen molar-refractivity contribution < 1.29 is 13.8 Å². The Morgan fingerprint density at radius 1 is 1.08 bits per heavy atom. The van der Waals surface area contributed by atoms with Crippen LogP contribution in [0.1, 0.15) is 17.1 Å². The fraction of sp³-hybridized carbons (Fsp3) is 0.118. The van der Waals surface area contributed by atoms with Crippen LogP contribution < -0.4 is 10.6 Å².